The van der Waals surface area contributed by atoms with E-state index in [1.165, 1.54) is 36.9 Å². The second-order valence-corrected chi connectivity index (χ2v) is 4.15. The third kappa shape index (κ3) is 2.32. The van der Waals surface area contributed by atoms with Gasteiger partial charge < -0.3 is 5.32 Å². The third-order valence-corrected chi connectivity index (χ3v) is 3.02. The molecule has 2 nitrogen and oxygen atoms in total. The largest absolute Gasteiger partial charge is 0.314 e. The monoisotopic (exact) mass is 190 g/mol. The molecular weight excluding hydrogens is 172 g/mol. The first-order chi connectivity index (χ1) is 6.86. The Kier molecular flexibility index (Phi) is 3.14. The molecule has 2 rings (SSSR count). The molecule has 1 aromatic rings. The van der Waals surface area contributed by atoms with Gasteiger partial charge in [0.2, 0.25) is 0 Å². The highest BCUT2D eigenvalue weighted by atomic mass is 14.9. The summed E-state index contributed by atoms with van der Waals surface area (Å²) < 4.78 is 0. The molecule has 0 radical (unpaired) electrons. The van der Waals surface area contributed by atoms with Crippen LogP contribution in [0, 0.1) is 6.92 Å². The number of rotatable bonds is 2. The van der Waals surface area contributed by atoms with Crippen LogP contribution in [-0.2, 0) is 6.42 Å². The van der Waals surface area contributed by atoms with Crippen LogP contribution in [0.25, 0.3) is 0 Å². The van der Waals surface area contributed by atoms with E-state index < -0.39 is 0 Å². The Morgan fingerprint density at radius 2 is 2.43 bits per heavy atom. The van der Waals surface area contributed by atoms with Crippen LogP contribution in [0.5, 0.6) is 0 Å². The van der Waals surface area contributed by atoms with E-state index in [-0.39, 0.29) is 0 Å². The number of aryl methyl sites for hydroxylation is 1. The first-order valence-electron chi connectivity index (χ1n) is 5.49. The Labute approximate surface area is 85.7 Å². The molecule has 76 valence electrons. The molecule has 1 N–H and O–H groups in total. The van der Waals surface area contributed by atoms with Crippen molar-refractivity contribution < 1.29 is 0 Å². The van der Waals surface area contributed by atoms with E-state index in [4.69, 9.17) is 0 Å². The molecule has 1 unspecified atom stereocenters. The molecule has 1 fully saturated rings. The summed E-state index contributed by atoms with van der Waals surface area (Å²) in [5.41, 5.74) is 2.76. The van der Waals surface area contributed by atoms with Gasteiger partial charge in [-0.25, -0.2) is 0 Å². The number of hydrogen-bond donors (Lipinski definition) is 1. The predicted molar refractivity (Wildman–Crippen MR) is 58.3 cm³/mol. The predicted octanol–water partition coefficient (Wildman–Crippen LogP) is 2.07. The molecule has 1 atom stereocenters. The number of piperidine rings is 1. The summed E-state index contributed by atoms with van der Waals surface area (Å²) in [5.74, 6) is 0. The van der Waals surface area contributed by atoms with Crippen LogP contribution in [0.3, 0.4) is 0 Å². The van der Waals surface area contributed by atoms with Crippen molar-refractivity contribution in [2.24, 2.45) is 0 Å². The molecule has 0 amide bonds. The van der Waals surface area contributed by atoms with Crippen molar-refractivity contribution in [1.29, 1.82) is 0 Å². The van der Waals surface area contributed by atoms with Gasteiger partial charge in [0.1, 0.15) is 0 Å². The number of nitrogens with one attached hydrogen (secondary N) is 1. The molecule has 2 heteroatoms. The first kappa shape index (κ1) is 9.66. The van der Waals surface area contributed by atoms with Crippen molar-refractivity contribution in [2.75, 3.05) is 6.54 Å². The summed E-state index contributed by atoms with van der Waals surface area (Å²) >= 11 is 0. The number of nitrogens with zero attached hydrogens (tertiary/aromatic N) is 1. The van der Waals surface area contributed by atoms with E-state index in [0.717, 1.165) is 6.42 Å². The Hall–Kier alpha value is -0.890. The zero-order valence-corrected chi connectivity index (χ0v) is 8.79. The summed E-state index contributed by atoms with van der Waals surface area (Å²) in [5, 5.41) is 3.57. The fraction of sp³-hybridized carbons (Fsp3) is 0.583. The lowest BCUT2D eigenvalue weighted by Gasteiger charge is -2.23. The molecule has 2 heterocycles. The fourth-order valence-electron chi connectivity index (χ4n) is 2.09. The van der Waals surface area contributed by atoms with E-state index in [0.29, 0.717) is 6.04 Å². The van der Waals surface area contributed by atoms with E-state index >= 15 is 0 Å². The van der Waals surface area contributed by atoms with Gasteiger partial charge in [-0.15, -0.1) is 0 Å². The highest BCUT2D eigenvalue weighted by Gasteiger charge is 2.13. The highest BCUT2D eigenvalue weighted by Crippen LogP contribution is 2.14. The van der Waals surface area contributed by atoms with Gasteiger partial charge in [-0.3, -0.25) is 4.98 Å². The minimum absolute atomic E-state index is 0.685. The molecule has 1 aliphatic heterocycles. The van der Waals surface area contributed by atoms with Gasteiger partial charge in [0.15, 0.2) is 0 Å². The number of aromatic nitrogens is 1. The van der Waals surface area contributed by atoms with Crippen molar-refractivity contribution in [3.05, 3.63) is 29.6 Å². The summed E-state index contributed by atoms with van der Waals surface area (Å²) in [6, 6.07) is 2.83. The molecule has 0 bridgehead atoms. The maximum atomic E-state index is 4.12. The lowest BCUT2D eigenvalue weighted by Crippen LogP contribution is -2.35. The van der Waals surface area contributed by atoms with E-state index in [2.05, 4.69) is 23.3 Å². The number of pyridine rings is 1. The van der Waals surface area contributed by atoms with Gasteiger partial charge >= 0.3 is 0 Å². The topological polar surface area (TPSA) is 24.9 Å². The van der Waals surface area contributed by atoms with Crippen LogP contribution in [0.15, 0.2) is 18.5 Å². The van der Waals surface area contributed by atoms with Gasteiger partial charge in [-0.1, -0.05) is 6.42 Å². The fourth-order valence-corrected chi connectivity index (χ4v) is 2.09. The molecule has 0 saturated carbocycles. The van der Waals surface area contributed by atoms with Crippen molar-refractivity contribution in [3.63, 3.8) is 0 Å². The number of hydrogen-bond acceptors (Lipinski definition) is 2. The minimum atomic E-state index is 0.685. The molecule has 0 aromatic carbocycles. The average molecular weight is 190 g/mol. The van der Waals surface area contributed by atoms with Gasteiger partial charge in [-0.05, 0) is 49.9 Å². The SMILES string of the molecule is Cc1cnccc1CC1CCCCN1. The molecule has 0 spiro atoms. The Bertz CT molecular complexity index is 290. The van der Waals surface area contributed by atoms with Crippen LogP contribution in [0.1, 0.15) is 30.4 Å². The molecule has 14 heavy (non-hydrogen) atoms. The second kappa shape index (κ2) is 4.56. The van der Waals surface area contributed by atoms with Crippen LogP contribution < -0.4 is 5.32 Å². The molecule has 1 aromatic heterocycles. The normalized spacial score (nSPS) is 22.2. The van der Waals surface area contributed by atoms with Crippen molar-refractivity contribution in [2.45, 2.75) is 38.6 Å². The van der Waals surface area contributed by atoms with Gasteiger partial charge in [0.25, 0.3) is 0 Å². The lowest BCUT2D eigenvalue weighted by molar-refractivity contribution is 0.399. The van der Waals surface area contributed by atoms with Crippen LogP contribution in [-0.4, -0.2) is 17.6 Å². The maximum Gasteiger partial charge on any atom is 0.0299 e. The van der Waals surface area contributed by atoms with E-state index in [1.54, 1.807) is 0 Å². The molecular formula is C12H18N2. The van der Waals surface area contributed by atoms with E-state index in [9.17, 15) is 0 Å². The third-order valence-electron chi connectivity index (χ3n) is 3.02. The zero-order valence-electron chi connectivity index (χ0n) is 8.79. The second-order valence-electron chi connectivity index (χ2n) is 4.15. The molecule has 1 saturated heterocycles. The Morgan fingerprint density at radius 3 is 3.14 bits per heavy atom. The zero-order chi connectivity index (χ0) is 9.80. The summed E-state index contributed by atoms with van der Waals surface area (Å²) in [6.45, 7) is 3.33. The molecule has 0 aliphatic carbocycles. The maximum absolute atomic E-state index is 4.12. The Balaban J connectivity index is 1.99. The Morgan fingerprint density at radius 1 is 1.50 bits per heavy atom. The minimum Gasteiger partial charge on any atom is -0.314 e. The van der Waals surface area contributed by atoms with Crippen LogP contribution in [0.4, 0.5) is 0 Å². The first-order valence-corrected chi connectivity index (χ1v) is 5.49. The summed E-state index contributed by atoms with van der Waals surface area (Å²) in [6.07, 6.45) is 9.05. The average Bonchev–Trinajstić information content (AvgIpc) is 2.23. The van der Waals surface area contributed by atoms with E-state index in [1.807, 2.05) is 12.4 Å². The van der Waals surface area contributed by atoms with Crippen LogP contribution >= 0.6 is 0 Å². The van der Waals surface area contributed by atoms with Gasteiger partial charge in [0, 0.05) is 18.4 Å². The smallest absolute Gasteiger partial charge is 0.0299 e. The quantitative estimate of drug-likeness (QED) is 0.772. The molecule has 1 aliphatic rings. The van der Waals surface area contributed by atoms with Crippen LogP contribution in [0.2, 0.25) is 0 Å². The van der Waals surface area contributed by atoms with Crippen molar-refractivity contribution >= 4 is 0 Å². The van der Waals surface area contributed by atoms with Crippen molar-refractivity contribution in [1.82, 2.24) is 10.3 Å². The van der Waals surface area contributed by atoms with Gasteiger partial charge in [-0.2, -0.15) is 0 Å². The summed E-state index contributed by atoms with van der Waals surface area (Å²) in [4.78, 5) is 4.12. The standard InChI is InChI=1S/C12H18N2/c1-10-9-13-7-5-11(10)8-12-4-2-3-6-14-12/h5,7,9,12,14H,2-4,6,8H2,1H3. The van der Waals surface area contributed by atoms with Crippen molar-refractivity contribution in [3.8, 4) is 0 Å². The van der Waals surface area contributed by atoms with Gasteiger partial charge in [0.05, 0.1) is 0 Å². The lowest BCUT2D eigenvalue weighted by atomic mass is 9.96. The highest BCUT2D eigenvalue weighted by molar-refractivity contribution is 5.22. The summed E-state index contributed by atoms with van der Waals surface area (Å²) in [7, 11) is 0.